The number of rotatable bonds is 6. The highest BCUT2D eigenvalue weighted by Crippen LogP contribution is 2.28. The van der Waals surface area contributed by atoms with Crippen molar-refractivity contribution in [2.75, 3.05) is 37.9 Å². The Balaban J connectivity index is 2.64. The fraction of sp³-hybridized carbons (Fsp3) is 0.500. The largest absolute Gasteiger partial charge is 0.385 e. The zero-order chi connectivity index (χ0) is 12.0. The van der Waals surface area contributed by atoms with Crippen molar-refractivity contribution in [3.63, 3.8) is 0 Å². The fourth-order valence-electron chi connectivity index (χ4n) is 1.19. The van der Waals surface area contributed by atoms with Gasteiger partial charge in [-0.25, -0.2) is 4.98 Å². The van der Waals surface area contributed by atoms with E-state index < -0.39 is 0 Å². The van der Waals surface area contributed by atoms with Crippen molar-refractivity contribution < 1.29 is 4.74 Å². The maximum absolute atomic E-state index is 6.00. The number of methoxy groups -OCH3 is 1. The Hall–Kier alpha value is -0.710. The molecular formula is C10H15Cl2N3O. The van der Waals surface area contributed by atoms with Crippen LogP contribution in [0.1, 0.15) is 6.42 Å². The third-order valence-electron chi connectivity index (χ3n) is 1.98. The average Bonchev–Trinajstić information content (AvgIpc) is 2.27. The van der Waals surface area contributed by atoms with E-state index in [9.17, 15) is 0 Å². The fourth-order valence-corrected chi connectivity index (χ4v) is 1.71. The molecule has 90 valence electrons. The van der Waals surface area contributed by atoms with E-state index in [1.165, 1.54) is 0 Å². The molecule has 0 aromatic carbocycles. The van der Waals surface area contributed by atoms with E-state index in [0.717, 1.165) is 13.0 Å². The summed E-state index contributed by atoms with van der Waals surface area (Å²) in [5.74, 6) is 1.24. The molecule has 0 saturated heterocycles. The van der Waals surface area contributed by atoms with Gasteiger partial charge in [0.1, 0.15) is 11.6 Å². The molecule has 0 fully saturated rings. The second-order valence-electron chi connectivity index (χ2n) is 3.17. The molecule has 0 unspecified atom stereocenters. The van der Waals surface area contributed by atoms with E-state index in [2.05, 4.69) is 15.6 Å². The molecule has 0 bridgehead atoms. The molecule has 0 spiro atoms. The summed E-state index contributed by atoms with van der Waals surface area (Å²) < 4.78 is 4.95. The van der Waals surface area contributed by atoms with Crippen molar-refractivity contribution >= 4 is 34.8 Å². The van der Waals surface area contributed by atoms with Gasteiger partial charge >= 0.3 is 0 Å². The number of anilines is 2. The normalized spacial score (nSPS) is 10.2. The molecule has 0 amide bonds. The van der Waals surface area contributed by atoms with E-state index in [4.69, 9.17) is 27.9 Å². The molecule has 0 aliphatic heterocycles. The van der Waals surface area contributed by atoms with Gasteiger partial charge in [-0.15, -0.1) is 0 Å². The topological polar surface area (TPSA) is 46.2 Å². The highest BCUT2D eigenvalue weighted by molar-refractivity contribution is 6.37. The zero-order valence-electron chi connectivity index (χ0n) is 9.31. The van der Waals surface area contributed by atoms with Crippen LogP contribution in [0.4, 0.5) is 11.6 Å². The minimum Gasteiger partial charge on any atom is -0.385 e. The number of halogens is 2. The van der Waals surface area contributed by atoms with Gasteiger partial charge in [-0.2, -0.15) is 0 Å². The molecule has 0 saturated carbocycles. The average molecular weight is 264 g/mol. The Kier molecular flexibility index (Phi) is 5.66. The van der Waals surface area contributed by atoms with Gasteiger partial charge < -0.3 is 15.4 Å². The van der Waals surface area contributed by atoms with Crippen LogP contribution >= 0.6 is 23.2 Å². The van der Waals surface area contributed by atoms with Crippen molar-refractivity contribution in [3.05, 3.63) is 16.1 Å². The van der Waals surface area contributed by atoms with Gasteiger partial charge in [-0.05, 0) is 12.5 Å². The zero-order valence-corrected chi connectivity index (χ0v) is 10.8. The van der Waals surface area contributed by atoms with E-state index in [1.54, 1.807) is 20.2 Å². The quantitative estimate of drug-likeness (QED) is 0.775. The lowest BCUT2D eigenvalue weighted by atomic mass is 10.4. The standard InChI is InChI=1S/C10H15Cl2N3O/c1-13-9-7(11)6-8(12)10(15-9)14-4-3-5-16-2/h6H,3-5H2,1-2H3,(H2,13,14,15). The van der Waals surface area contributed by atoms with Crippen LogP contribution in [0.5, 0.6) is 0 Å². The molecule has 1 heterocycles. The smallest absolute Gasteiger partial charge is 0.147 e. The maximum Gasteiger partial charge on any atom is 0.147 e. The first-order chi connectivity index (χ1) is 7.69. The van der Waals surface area contributed by atoms with E-state index in [1.807, 2.05) is 0 Å². The molecular weight excluding hydrogens is 249 g/mol. The highest BCUT2D eigenvalue weighted by Gasteiger charge is 2.07. The van der Waals surface area contributed by atoms with E-state index in [-0.39, 0.29) is 0 Å². The van der Waals surface area contributed by atoms with E-state index in [0.29, 0.717) is 28.3 Å². The number of aromatic nitrogens is 1. The van der Waals surface area contributed by atoms with Crippen LogP contribution in [0.25, 0.3) is 0 Å². The molecule has 1 rings (SSSR count). The molecule has 0 radical (unpaired) electrons. The third-order valence-corrected chi connectivity index (χ3v) is 2.56. The summed E-state index contributed by atoms with van der Waals surface area (Å²) in [5, 5.41) is 7.05. The summed E-state index contributed by atoms with van der Waals surface area (Å²) in [5.41, 5.74) is 0. The lowest BCUT2D eigenvalue weighted by Crippen LogP contribution is -2.07. The summed E-state index contributed by atoms with van der Waals surface area (Å²) >= 11 is 11.9. The second kappa shape index (κ2) is 6.78. The molecule has 0 aliphatic carbocycles. The van der Waals surface area contributed by atoms with Crippen LogP contribution < -0.4 is 10.6 Å². The Labute approximate surface area is 105 Å². The highest BCUT2D eigenvalue weighted by atomic mass is 35.5. The third kappa shape index (κ3) is 3.70. The SMILES string of the molecule is CNc1nc(NCCCOC)c(Cl)cc1Cl. The monoisotopic (exact) mass is 263 g/mol. The van der Waals surface area contributed by atoms with Crippen LogP contribution in [-0.2, 0) is 4.74 Å². The Bertz CT molecular complexity index is 347. The molecule has 4 nitrogen and oxygen atoms in total. The summed E-state index contributed by atoms with van der Waals surface area (Å²) in [7, 11) is 3.43. The van der Waals surface area contributed by atoms with Crippen molar-refractivity contribution in [1.29, 1.82) is 0 Å². The molecule has 2 N–H and O–H groups in total. The predicted octanol–water partition coefficient (Wildman–Crippen LogP) is 2.88. The molecule has 1 aromatic rings. The molecule has 0 atom stereocenters. The molecule has 0 aliphatic rings. The van der Waals surface area contributed by atoms with Crippen molar-refractivity contribution in [2.45, 2.75) is 6.42 Å². The number of hydrogen-bond donors (Lipinski definition) is 2. The van der Waals surface area contributed by atoms with Gasteiger partial charge in [0.15, 0.2) is 0 Å². The van der Waals surface area contributed by atoms with Crippen LogP contribution in [-0.4, -0.2) is 32.3 Å². The number of nitrogens with one attached hydrogen (secondary N) is 2. The number of ether oxygens (including phenoxy) is 1. The predicted molar refractivity (Wildman–Crippen MR) is 68.8 cm³/mol. The Morgan fingerprint density at radius 2 is 2.00 bits per heavy atom. The minimum absolute atomic E-state index is 0.509. The summed E-state index contributed by atoms with van der Waals surface area (Å²) in [4.78, 5) is 4.26. The van der Waals surface area contributed by atoms with Crippen molar-refractivity contribution in [1.82, 2.24) is 4.98 Å². The van der Waals surface area contributed by atoms with Gasteiger partial charge in [0.25, 0.3) is 0 Å². The van der Waals surface area contributed by atoms with Gasteiger partial charge in [0, 0.05) is 27.3 Å². The number of hydrogen-bond acceptors (Lipinski definition) is 4. The summed E-state index contributed by atoms with van der Waals surface area (Å²) in [6.07, 6.45) is 0.895. The number of nitrogens with zero attached hydrogens (tertiary/aromatic N) is 1. The van der Waals surface area contributed by atoms with Gasteiger partial charge in [0.2, 0.25) is 0 Å². The minimum atomic E-state index is 0.509. The lowest BCUT2D eigenvalue weighted by molar-refractivity contribution is 0.198. The van der Waals surface area contributed by atoms with Crippen LogP contribution in [0.2, 0.25) is 10.0 Å². The summed E-state index contributed by atoms with van der Waals surface area (Å²) in [6.45, 7) is 1.46. The van der Waals surface area contributed by atoms with Crippen LogP contribution in [0.15, 0.2) is 6.07 Å². The second-order valence-corrected chi connectivity index (χ2v) is 3.99. The van der Waals surface area contributed by atoms with Gasteiger partial charge in [-0.3, -0.25) is 0 Å². The van der Waals surface area contributed by atoms with Crippen molar-refractivity contribution in [3.8, 4) is 0 Å². The van der Waals surface area contributed by atoms with Crippen LogP contribution in [0, 0.1) is 0 Å². The lowest BCUT2D eigenvalue weighted by Gasteiger charge is -2.10. The maximum atomic E-state index is 6.00. The van der Waals surface area contributed by atoms with E-state index >= 15 is 0 Å². The van der Waals surface area contributed by atoms with Gasteiger partial charge in [-0.1, -0.05) is 23.2 Å². The first-order valence-electron chi connectivity index (χ1n) is 4.95. The Morgan fingerprint density at radius 1 is 1.31 bits per heavy atom. The summed E-state index contributed by atoms with van der Waals surface area (Å²) in [6, 6.07) is 1.67. The molecule has 6 heteroatoms. The molecule has 1 aromatic heterocycles. The molecule has 16 heavy (non-hydrogen) atoms. The van der Waals surface area contributed by atoms with Gasteiger partial charge in [0.05, 0.1) is 10.0 Å². The van der Waals surface area contributed by atoms with Crippen LogP contribution in [0.3, 0.4) is 0 Å². The number of pyridine rings is 1. The Morgan fingerprint density at radius 3 is 2.62 bits per heavy atom. The first kappa shape index (κ1) is 13.4. The first-order valence-corrected chi connectivity index (χ1v) is 5.71. The van der Waals surface area contributed by atoms with Crippen molar-refractivity contribution in [2.24, 2.45) is 0 Å².